The first-order valence-electron chi connectivity index (χ1n) is 30.5. The molecular formula is C58H102N15O17+3. The number of carboxylic acid groups (broad SMARTS) is 1. The minimum Gasteiger partial charge on any atom is -0.508 e. The van der Waals surface area contributed by atoms with E-state index in [4.69, 9.17) is 11.5 Å². The molecule has 508 valence electrons. The van der Waals surface area contributed by atoms with Gasteiger partial charge in [0, 0.05) is 25.7 Å². The molecule has 0 aromatic heterocycles. The number of aliphatic hydroxyl groups excluding tert-OH is 2. The van der Waals surface area contributed by atoms with Crippen molar-refractivity contribution in [3.05, 3.63) is 29.8 Å². The molecule has 0 bridgehead atoms. The van der Waals surface area contributed by atoms with Crippen LogP contribution in [-0.4, -0.2) is 190 Å². The van der Waals surface area contributed by atoms with E-state index in [1.807, 2.05) is 0 Å². The monoisotopic (exact) mass is 1280 g/mol. The highest BCUT2D eigenvalue weighted by atomic mass is 16.4. The number of hydrogen-bond acceptors (Lipinski definition) is 16. The lowest BCUT2D eigenvalue weighted by molar-refractivity contribution is -0.406. The molecule has 32 nitrogen and oxygen atoms in total. The maximum Gasteiger partial charge on any atom is 0.326 e. The summed E-state index contributed by atoms with van der Waals surface area (Å²) in [6.45, 7) is 12.6. The van der Waals surface area contributed by atoms with Crippen molar-refractivity contribution in [1.82, 2.24) is 53.2 Å². The van der Waals surface area contributed by atoms with Gasteiger partial charge in [0.2, 0.25) is 65.0 Å². The highest BCUT2D eigenvalue weighted by Gasteiger charge is 2.38. The summed E-state index contributed by atoms with van der Waals surface area (Å²) in [5.74, 6) is -14.2. The largest absolute Gasteiger partial charge is 0.508 e. The Labute approximate surface area is 524 Å². The zero-order chi connectivity index (χ0) is 68.5. The lowest BCUT2D eigenvalue weighted by atomic mass is 9.96. The van der Waals surface area contributed by atoms with E-state index >= 15 is 0 Å². The highest BCUT2D eigenvalue weighted by Crippen LogP contribution is 2.16. The van der Waals surface area contributed by atoms with Crippen molar-refractivity contribution in [1.29, 1.82) is 0 Å². The number of aliphatic carboxylic acids is 1. The van der Waals surface area contributed by atoms with Crippen molar-refractivity contribution in [2.75, 3.05) is 19.7 Å². The highest BCUT2D eigenvalue weighted by molar-refractivity contribution is 5.99. The molecule has 12 amide bonds. The van der Waals surface area contributed by atoms with Crippen LogP contribution in [0, 0.1) is 17.8 Å². The molecule has 0 spiro atoms. The van der Waals surface area contributed by atoms with Gasteiger partial charge in [0.15, 0.2) is 6.04 Å². The molecule has 27 N–H and O–H groups in total. The van der Waals surface area contributed by atoms with Gasteiger partial charge in [-0.1, -0.05) is 60.1 Å². The maximum absolute atomic E-state index is 14.4. The number of phenolic OH excluding ortho intramolecular Hbond substituents is 1. The smallest absolute Gasteiger partial charge is 0.326 e. The van der Waals surface area contributed by atoms with Crippen LogP contribution in [0.15, 0.2) is 24.3 Å². The number of nitrogens with two attached hydrogens (primary N) is 2. The average molecular weight is 1280 g/mol. The van der Waals surface area contributed by atoms with Gasteiger partial charge in [-0.25, -0.2) is 4.79 Å². The van der Waals surface area contributed by atoms with Crippen LogP contribution < -0.4 is 81.8 Å². The van der Waals surface area contributed by atoms with E-state index in [0.717, 1.165) is 6.42 Å². The van der Waals surface area contributed by atoms with Gasteiger partial charge in [-0.05, 0) is 101 Å². The van der Waals surface area contributed by atoms with Crippen LogP contribution in [0.5, 0.6) is 5.75 Å². The fourth-order valence-corrected chi connectivity index (χ4v) is 8.99. The van der Waals surface area contributed by atoms with E-state index in [0.29, 0.717) is 44.3 Å². The van der Waals surface area contributed by atoms with Gasteiger partial charge in [0.1, 0.15) is 66.2 Å². The summed E-state index contributed by atoms with van der Waals surface area (Å²) in [5, 5.41) is 65.6. The van der Waals surface area contributed by atoms with Crippen molar-refractivity contribution in [3.63, 3.8) is 0 Å². The van der Waals surface area contributed by atoms with Gasteiger partial charge in [0.25, 0.3) is 5.91 Å². The number of rotatable bonds is 44. The number of amides is 12. The van der Waals surface area contributed by atoms with Crippen LogP contribution in [-0.2, 0) is 68.7 Å². The number of phenols is 1. The molecule has 1 aromatic rings. The second-order valence-electron chi connectivity index (χ2n) is 23.4. The number of quaternary nitrogens is 3. The number of hydrogen-bond donors (Lipinski definition) is 19. The third kappa shape index (κ3) is 29.5. The van der Waals surface area contributed by atoms with Gasteiger partial charge in [-0.15, -0.1) is 0 Å². The molecule has 0 heterocycles. The molecule has 0 saturated heterocycles. The molecule has 1 aromatic carbocycles. The van der Waals surface area contributed by atoms with Gasteiger partial charge < -0.3 is 102 Å². The van der Waals surface area contributed by atoms with E-state index in [1.165, 1.54) is 52.0 Å². The third-order valence-electron chi connectivity index (χ3n) is 14.7. The number of nitrogens with one attached hydrogen (secondary N) is 10. The first-order valence-corrected chi connectivity index (χ1v) is 30.5. The Morgan fingerprint density at radius 3 is 1.40 bits per heavy atom. The fourth-order valence-electron chi connectivity index (χ4n) is 8.99. The van der Waals surface area contributed by atoms with E-state index in [-0.39, 0.29) is 43.8 Å². The summed E-state index contributed by atoms with van der Waals surface area (Å²) < 4.78 is 0. The maximum atomic E-state index is 14.4. The number of carbonyl (C=O) groups excluding carboxylic acids is 12. The van der Waals surface area contributed by atoms with Gasteiger partial charge >= 0.3 is 5.97 Å². The van der Waals surface area contributed by atoms with Crippen molar-refractivity contribution >= 4 is 76.9 Å². The van der Waals surface area contributed by atoms with Gasteiger partial charge in [0.05, 0.1) is 25.8 Å². The number of primary amides is 2. The lowest BCUT2D eigenvalue weighted by Gasteiger charge is -2.30. The number of benzene rings is 1. The number of aromatic hydroxyl groups is 1. The zero-order valence-electron chi connectivity index (χ0n) is 53.2. The van der Waals surface area contributed by atoms with E-state index in [2.05, 4.69) is 70.4 Å². The number of aliphatic hydroxyl groups is 2. The summed E-state index contributed by atoms with van der Waals surface area (Å²) >= 11 is 0. The van der Waals surface area contributed by atoms with Crippen LogP contribution >= 0.6 is 0 Å². The fraction of sp³-hybridized carbons (Fsp3) is 0.672. The Morgan fingerprint density at radius 2 is 0.911 bits per heavy atom. The molecule has 32 heteroatoms. The molecule has 90 heavy (non-hydrogen) atoms. The first kappa shape index (κ1) is 79.9. The second-order valence-corrected chi connectivity index (χ2v) is 23.4. The Balaban J connectivity index is 3.52. The summed E-state index contributed by atoms with van der Waals surface area (Å²) in [5.41, 5.74) is 22.5. The molecule has 0 aliphatic rings. The minimum absolute atomic E-state index is 0.000678. The second kappa shape index (κ2) is 41.3. The number of carboxylic acids is 1. The van der Waals surface area contributed by atoms with Gasteiger partial charge in [-0.2, -0.15) is 0 Å². The van der Waals surface area contributed by atoms with E-state index in [1.54, 1.807) is 27.7 Å². The molecule has 0 saturated carbocycles. The topological polar surface area (TPSA) is 558 Å². The molecule has 0 radical (unpaired) electrons. The summed E-state index contributed by atoms with van der Waals surface area (Å²) in [6, 6.07) is -10.2. The number of carbonyl (C=O) groups is 13. The molecule has 0 aliphatic heterocycles. The zero-order valence-corrected chi connectivity index (χ0v) is 53.2. The quantitative estimate of drug-likeness (QED) is 0.0270. The van der Waals surface area contributed by atoms with Crippen LogP contribution in [0.2, 0.25) is 0 Å². The molecule has 1 rings (SSSR count). The van der Waals surface area contributed by atoms with Crippen LogP contribution in [0.3, 0.4) is 0 Å². The number of unbranched alkanes of at least 4 members (excludes halogenated alkanes) is 2. The van der Waals surface area contributed by atoms with E-state index < -0.39 is 187 Å². The Bertz CT molecular complexity index is 2560. The molecule has 0 fully saturated rings. The van der Waals surface area contributed by atoms with Crippen molar-refractivity contribution in [3.8, 4) is 5.75 Å². The summed E-state index contributed by atoms with van der Waals surface area (Å²) in [4.78, 5) is 174. The third-order valence-corrected chi connectivity index (χ3v) is 14.7. The molecular weight excluding hydrogens is 1180 g/mol. The van der Waals surface area contributed by atoms with Crippen LogP contribution in [0.25, 0.3) is 0 Å². The molecule has 13 atom stereocenters. The predicted octanol–water partition coefficient (Wildman–Crippen LogP) is -7.03. The van der Waals surface area contributed by atoms with Crippen molar-refractivity contribution < 1.29 is 100.0 Å². The average Bonchev–Trinajstić information content (AvgIpc) is 1.44. The Morgan fingerprint density at radius 1 is 0.489 bits per heavy atom. The van der Waals surface area contributed by atoms with Gasteiger partial charge in [-0.3, -0.25) is 57.5 Å². The predicted molar refractivity (Wildman–Crippen MR) is 324 cm³/mol. The van der Waals surface area contributed by atoms with E-state index in [9.17, 15) is 82.8 Å². The Hall–Kier alpha value is -8.07. The minimum atomic E-state index is -1.75. The molecule has 0 aliphatic carbocycles. The summed E-state index contributed by atoms with van der Waals surface area (Å²) in [7, 11) is 0. The van der Waals surface area contributed by atoms with Crippen LogP contribution in [0.1, 0.15) is 138 Å². The summed E-state index contributed by atoms with van der Waals surface area (Å²) in [6.07, 6.45) is -0.449. The van der Waals surface area contributed by atoms with Crippen molar-refractivity contribution in [2.24, 2.45) is 29.2 Å². The normalized spacial score (nSPS) is 15.6. The standard InChI is InChI=1S/C58H99N15O17/c1-9-31(6)46(72-57(88)47(33(8)75)73-53(84)40(26-29(2)3)68-54(85)42(28-74)70-49(80)36(61)14-10-12-24-59)56(87)69-41(27-34-16-18-35(76)19-17-34)52(83)64-32(7)48(79)65-38(21-23-44(63)78)51(82)71-45(30(4)5)55(86)66-37(20-22-43(62)77)50(81)67-39(58(89)90)15-11-13-25-60/h16-19,29-33,36-42,45-47,74-76H,9-15,20-28,59-61H2,1-8H3,(H2,62,77)(H2,63,78)(H,64,83)(H,65,79)(H,66,86)(H,67,81)(H,68,85)(H,69,87)(H,70,80)(H,71,82)(H,72,88)(H,73,84)(H,89,90)/p+3/t31-,32-,33+,36-,37-,38-,39-,40-,41-,42-,45-,46-,47-/m0/s1. The SMILES string of the molecule is CC[C@H](C)[C@H](NC(=O)[C@@H](NC(=O)[C@H](CC(C)C)NC(=O)[C@H](CO)NC(=O)[C@@H]([NH3+])CCCC[NH3+])[C@@H](C)O)C(=O)N[C@@H](Cc1ccc(O)cc1)C(=O)N[C@@H](C)C(=O)N[C@@H](CCC(N)=O)C(=O)N[C@H](C(=O)N[C@@H](CCC(N)=O)C(=O)N[C@@H](CCCC[NH3+])C(=O)O)C(C)C. The first-order chi connectivity index (χ1) is 42.2. The molecule has 0 unspecified atom stereocenters. The van der Waals surface area contributed by atoms with Crippen LogP contribution in [0.4, 0.5) is 0 Å². The lowest BCUT2D eigenvalue weighted by Crippen LogP contribution is -2.69. The Kier molecular flexibility index (Phi) is 36.7. The van der Waals surface area contributed by atoms with Crippen molar-refractivity contribution in [2.45, 2.75) is 211 Å².